The maximum Gasteiger partial charge on any atom is 0.0949 e. The minimum absolute atomic E-state index is 0.203. The van der Waals surface area contributed by atoms with Crippen LogP contribution >= 0.6 is 0 Å². The van der Waals surface area contributed by atoms with Crippen LogP contribution in [0.25, 0.3) is 10.9 Å². The molecule has 1 aromatic carbocycles. The first-order valence-corrected chi connectivity index (χ1v) is 5.05. The second kappa shape index (κ2) is 4.04. The van der Waals surface area contributed by atoms with Crippen LogP contribution in [0.1, 0.15) is 5.56 Å². The minimum atomic E-state index is -0.693. The van der Waals surface area contributed by atoms with Crippen LogP contribution in [-0.2, 0) is 6.54 Å². The number of hydrogen-bond acceptors (Lipinski definition) is 2. The zero-order valence-electron chi connectivity index (χ0n) is 8.72. The molecule has 0 aliphatic carbocycles. The number of aryl methyl sites for hydroxylation is 1. The summed E-state index contributed by atoms with van der Waals surface area (Å²) in [6, 6.07) is 8.22. The third-order valence-electron chi connectivity index (χ3n) is 2.55. The van der Waals surface area contributed by atoms with Crippen molar-refractivity contribution in [2.24, 2.45) is 0 Å². The van der Waals surface area contributed by atoms with Crippen LogP contribution in [0.5, 0.6) is 0 Å². The lowest BCUT2D eigenvalue weighted by Crippen LogP contribution is -2.19. The van der Waals surface area contributed by atoms with Crippen molar-refractivity contribution in [2.75, 3.05) is 6.61 Å². The summed E-state index contributed by atoms with van der Waals surface area (Å²) in [6.07, 6.45) is 1.24. The molecule has 80 valence electrons. The van der Waals surface area contributed by atoms with Crippen LogP contribution in [0.4, 0.5) is 0 Å². The van der Waals surface area contributed by atoms with E-state index in [0.29, 0.717) is 6.54 Å². The number of fused-ring (bicyclic) bond motifs is 1. The number of rotatable bonds is 3. The zero-order chi connectivity index (χ0) is 10.8. The Kier molecular flexibility index (Phi) is 2.75. The maximum atomic E-state index is 9.39. The number of aliphatic hydroxyl groups is 2. The quantitative estimate of drug-likeness (QED) is 0.793. The van der Waals surface area contributed by atoms with Gasteiger partial charge in [0.25, 0.3) is 0 Å². The Balaban J connectivity index is 2.39. The minimum Gasteiger partial charge on any atom is -0.394 e. The number of aliphatic hydroxyl groups excluding tert-OH is 2. The van der Waals surface area contributed by atoms with E-state index in [2.05, 4.69) is 18.2 Å². The van der Waals surface area contributed by atoms with Crippen molar-refractivity contribution in [3.63, 3.8) is 0 Å². The van der Waals surface area contributed by atoms with Crippen LogP contribution in [0.2, 0.25) is 0 Å². The van der Waals surface area contributed by atoms with Crippen molar-refractivity contribution in [3.8, 4) is 0 Å². The predicted octanol–water partition coefficient (Wildman–Crippen LogP) is 1.30. The number of nitrogens with zero attached hydrogens (tertiary/aromatic N) is 1. The van der Waals surface area contributed by atoms with Crippen molar-refractivity contribution in [3.05, 3.63) is 36.0 Å². The summed E-state index contributed by atoms with van der Waals surface area (Å²) in [5, 5.41) is 19.3. The van der Waals surface area contributed by atoms with E-state index in [1.807, 2.05) is 23.8 Å². The largest absolute Gasteiger partial charge is 0.394 e. The second-order valence-corrected chi connectivity index (χ2v) is 3.87. The molecule has 3 heteroatoms. The summed E-state index contributed by atoms with van der Waals surface area (Å²) in [5.74, 6) is 0. The number of benzene rings is 1. The molecular formula is C12H15NO2. The Morgan fingerprint density at radius 3 is 2.87 bits per heavy atom. The van der Waals surface area contributed by atoms with Crippen molar-refractivity contribution in [1.29, 1.82) is 0 Å². The highest BCUT2D eigenvalue weighted by atomic mass is 16.3. The molecule has 0 radical (unpaired) electrons. The first kappa shape index (κ1) is 10.2. The van der Waals surface area contributed by atoms with Gasteiger partial charge in [0, 0.05) is 11.7 Å². The molecule has 2 N–H and O–H groups in total. The fraction of sp³-hybridized carbons (Fsp3) is 0.333. The molecule has 15 heavy (non-hydrogen) atoms. The summed E-state index contributed by atoms with van der Waals surface area (Å²) >= 11 is 0. The third-order valence-corrected chi connectivity index (χ3v) is 2.55. The molecule has 0 amide bonds. The summed E-state index contributed by atoms with van der Waals surface area (Å²) in [4.78, 5) is 0. The first-order valence-electron chi connectivity index (χ1n) is 5.05. The van der Waals surface area contributed by atoms with E-state index in [-0.39, 0.29) is 6.61 Å². The van der Waals surface area contributed by atoms with Gasteiger partial charge >= 0.3 is 0 Å². The van der Waals surface area contributed by atoms with Crippen LogP contribution in [0.15, 0.2) is 30.5 Å². The topological polar surface area (TPSA) is 45.4 Å². The summed E-state index contributed by atoms with van der Waals surface area (Å²) < 4.78 is 1.96. The lowest BCUT2D eigenvalue weighted by Gasteiger charge is -2.09. The van der Waals surface area contributed by atoms with Gasteiger partial charge in [-0.15, -0.1) is 0 Å². The molecule has 3 nitrogen and oxygen atoms in total. The lowest BCUT2D eigenvalue weighted by molar-refractivity contribution is 0.0822. The highest BCUT2D eigenvalue weighted by molar-refractivity contribution is 5.80. The summed E-state index contributed by atoms with van der Waals surface area (Å²) in [5.41, 5.74) is 2.29. The first-order chi connectivity index (χ1) is 7.20. The highest BCUT2D eigenvalue weighted by Crippen LogP contribution is 2.17. The van der Waals surface area contributed by atoms with E-state index in [4.69, 9.17) is 5.11 Å². The second-order valence-electron chi connectivity index (χ2n) is 3.87. The average molecular weight is 205 g/mol. The Bertz CT molecular complexity index is 462. The van der Waals surface area contributed by atoms with Gasteiger partial charge in [-0.3, -0.25) is 0 Å². The van der Waals surface area contributed by atoms with Crippen LogP contribution in [-0.4, -0.2) is 27.5 Å². The van der Waals surface area contributed by atoms with E-state index in [9.17, 15) is 5.11 Å². The molecule has 1 unspecified atom stereocenters. The van der Waals surface area contributed by atoms with Crippen LogP contribution < -0.4 is 0 Å². The molecule has 0 saturated carbocycles. The van der Waals surface area contributed by atoms with Crippen LogP contribution in [0.3, 0.4) is 0 Å². The van der Waals surface area contributed by atoms with Gasteiger partial charge in [0.2, 0.25) is 0 Å². The Labute approximate surface area is 88.6 Å². The fourth-order valence-corrected chi connectivity index (χ4v) is 1.74. The van der Waals surface area contributed by atoms with E-state index < -0.39 is 6.10 Å². The van der Waals surface area contributed by atoms with Gasteiger partial charge < -0.3 is 14.8 Å². The van der Waals surface area contributed by atoms with Gasteiger partial charge in [0.05, 0.1) is 19.3 Å². The van der Waals surface area contributed by atoms with E-state index in [1.165, 1.54) is 5.56 Å². The van der Waals surface area contributed by atoms with E-state index in [1.54, 1.807) is 0 Å². The molecule has 2 aromatic rings. The van der Waals surface area contributed by atoms with E-state index in [0.717, 1.165) is 10.9 Å². The van der Waals surface area contributed by atoms with Gasteiger partial charge in [-0.05, 0) is 30.0 Å². The Hall–Kier alpha value is -1.32. The van der Waals surface area contributed by atoms with Gasteiger partial charge in [-0.1, -0.05) is 12.1 Å². The molecule has 0 spiro atoms. The highest BCUT2D eigenvalue weighted by Gasteiger charge is 2.06. The molecule has 2 rings (SSSR count). The molecule has 1 heterocycles. The summed E-state index contributed by atoms with van der Waals surface area (Å²) in [6.45, 7) is 2.27. The molecule has 0 aliphatic heterocycles. The molecule has 0 fully saturated rings. The lowest BCUT2D eigenvalue weighted by atomic mass is 10.2. The van der Waals surface area contributed by atoms with Gasteiger partial charge in [0.15, 0.2) is 0 Å². The van der Waals surface area contributed by atoms with Gasteiger partial charge in [-0.25, -0.2) is 0 Å². The number of hydrogen-bond donors (Lipinski definition) is 2. The van der Waals surface area contributed by atoms with E-state index >= 15 is 0 Å². The monoisotopic (exact) mass is 205 g/mol. The maximum absolute atomic E-state index is 9.39. The third kappa shape index (κ3) is 2.03. The normalized spacial score (nSPS) is 13.3. The molecule has 1 atom stereocenters. The molecule has 0 saturated heterocycles. The smallest absolute Gasteiger partial charge is 0.0949 e. The zero-order valence-corrected chi connectivity index (χ0v) is 8.72. The molecule has 0 aliphatic rings. The van der Waals surface area contributed by atoms with Gasteiger partial charge in [0.1, 0.15) is 0 Å². The summed E-state index contributed by atoms with van der Waals surface area (Å²) in [7, 11) is 0. The SMILES string of the molecule is Cc1ccc2ccn(CC(O)CO)c2c1. The van der Waals surface area contributed by atoms with Crippen molar-refractivity contribution in [1.82, 2.24) is 4.57 Å². The molecule has 1 aromatic heterocycles. The fourth-order valence-electron chi connectivity index (χ4n) is 1.74. The van der Waals surface area contributed by atoms with Crippen molar-refractivity contribution in [2.45, 2.75) is 19.6 Å². The average Bonchev–Trinajstić information content (AvgIpc) is 2.61. The Morgan fingerprint density at radius 2 is 2.13 bits per heavy atom. The molecule has 0 bridgehead atoms. The molecular weight excluding hydrogens is 190 g/mol. The predicted molar refractivity (Wildman–Crippen MR) is 59.8 cm³/mol. The van der Waals surface area contributed by atoms with Gasteiger partial charge in [-0.2, -0.15) is 0 Å². The number of aromatic nitrogens is 1. The Morgan fingerprint density at radius 1 is 1.33 bits per heavy atom. The van der Waals surface area contributed by atoms with Crippen LogP contribution in [0, 0.1) is 6.92 Å². The standard InChI is InChI=1S/C12H15NO2/c1-9-2-3-10-4-5-13(12(10)6-9)7-11(15)8-14/h2-6,11,14-15H,7-8H2,1H3. The van der Waals surface area contributed by atoms with Crippen molar-refractivity contribution < 1.29 is 10.2 Å². The van der Waals surface area contributed by atoms with Crippen molar-refractivity contribution >= 4 is 10.9 Å².